The van der Waals surface area contributed by atoms with Crippen LogP contribution in [0.5, 0.6) is 0 Å². The second-order valence-corrected chi connectivity index (χ2v) is 8.63. The van der Waals surface area contributed by atoms with E-state index in [1.165, 1.54) is 12.0 Å². The maximum Gasteiger partial charge on any atom is 0.193 e. The van der Waals surface area contributed by atoms with Crippen LogP contribution < -0.4 is 5.32 Å². The van der Waals surface area contributed by atoms with Crippen molar-refractivity contribution in [2.75, 3.05) is 53.5 Å². The monoisotopic (exact) mass is 514 g/mol. The number of hydrogen-bond donors (Lipinski definition) is 1. The summed E-state index contributed by atoms with van der Waals surface area (Å²) >= 11 is 0. The van der Waals surface area contributed by atoms with Crippen LogP contribution in [0, 0.1) is 5.92 Å². The molecule has 164 valence electrons. The maximum absolute atomic E-state index is 5.61. The molecule has 6 heteroatoms. The molecule has 5 nitrogen and oxygen atoms in total. The number of aliphatic imine (C=N–C) groups is 1. The van der Waals surface area contributed by atoms with Gasteiger partial charge in [-0.1, -0.05) is 37.3 Å². The minimum atomic E-state index is 0. The zero-order valence-corrected chi connectivity index (χ0v) is 20.9. The lowest BCUT2D eigenvalue weighted by Gasteiger charge is -2.43. The Bertz CT molecular complexity index is 631. The number of nitrogens with zero attached hydrogens (tertiary/aromatic N) is 3. The minimum absolute atomic E-state index is 0. The second kappa shape index (κ2) is 11.5. The number of piperidine rings is 1. The number of likely N-dealkylation sites (tertiary alicyclic amines) is 1. The Morgan fingerprint density at radius 2 is 1.93 bits per heavy atom. The van der Waals surface area contributed by atoms with Crippen molar-refractivity contribution >= 4 is 29.9 Å². The third kappa shape index (κ3) is 6.07. The van der Waals surface area contributed by atoms with E-state index in [9.17, 15) is 0 Å². The number of benzene rings is 1. The van der Waals surface area contributed by atoms with Crippen molar-refractivity contribution in [2.45, 2.75) is 44.6 Å². The van der Waals surface area contributed by atoms with Crippen molar-refractivity contribution in [1.82, 2.24) is 15.1 Å². The van der Waals surface area contributed by atoms with Gasteiger partial charge in [0, 0.05) is 38.4 Å². The van der Waals surface area contributed by atoms with Crippen LogP contribution in [0.2, 0.25) is 0 Å². The minimum Gasteiger partial charge on any atom is -0.381 e. The van der Waals surface area contributed by atoms with Gasteiger partial charge in [0.05, 0.1) is 6.54 Å². The maximum atomic E-state index is 5.61. The van der Waals surface area contributed by atoms with Crippen LogP contribution in [0.3, 0.4) is 0 Å². The predicted molar refractivity (Wildman–Crippen MR) is 132 cm³/mol. The Balaban J connectivity index is 0.00000300. The van der Waals surface area contributed by atoms with Gasteiger partial charge < -0.3 is 19.9 Å². The van der Waals surface area contributed by atoms with Crippen LogP contribution in [0.15, 0.2) is 35.3 Å². The van der Waals surface area contributed by atoms with Crippen molar-refractivity contribution in [3.05, 3.63) is 35.9 Å². The van der Waals surface area contributed by atoms with Gasteiger partial charge in [-0.05, 0) is 57.7 Å². The molecule has 1 aromatic carbocycles. The van der Waals surface area contributed by atoms with E-state index in [1.54, 1.807) is 0 Å². The summed E-state index contributed by atoms with van der Waals surface area (Å²) in [7, 11) is 4.36. The summed E-state index contributed by atoms with van der Waals surface area (Å²) in [6.07, 6.45) is 3.28. The predicted octanol–water partition coefficient (Wildman–Crippen LogP) is 3.81. The van der Waals surface area contributed by atoms with Gasteiger partial charge in [-0.3, -0.25) is 4.99 Å². The van der Waals surface area contributed by atoms with E-state index in [1.807, 2.05) is 0 Å². The Labute approximate surface area is 194 Å². The highest BCUT2D eigenvalue weighted by Gasteiger charge is 2.35. The Morgan fingerprint density at radius 1 is 1.24 bits per heavy atom. The molecule has 1 N–H and O–H groups in total. The third-order valence-electron chi connectivity index (χ3n) is 6.66. The zero-order chi connectivity index (χ0) is 20.0. The van der Waals surface area contributed by atoms with Gasteiger partial charge in [-0.25, -0.2) is 0 Å². The highest BCUT2D eigenvalue weighted by Crippen LogP contribution is 2.33. The number of nitrogens with one attached hydrogen (secondary N) is 1. The molecule has 1 aromatic rings. The fourth-order valence-electron chi connectivity index (χ4n) is 4.68. The highest BCUT2D eigenvalue weighted by molar-refractivity contribution is 14.0. The number of guanidine groups is 1. The third-order valence-corrected chi connectivity index (χ3v) is 6.66. The molecule has 0 saturated carbocycles. The van der Waals surface area contributed by atoms with Gasteiger partial charge in [-0.15, -0.1) is 24.0 Å². The Hall–Kier alpha value is -0.860. The Morgan fingerprint density at radius 3 is 2.52 bits per heavy atom. The van der Waals surface area contributed by atoms with E-state index in [0.717, 1.165) is 58.2 Å². The zero-order valence-electron chi connectivity index (χ0n) is 18.6. The molecule has 2 aliphatic rings. The Kier molecular flexibility index (Phi) is 9.69. The average molecular weight is 514 g/mol. The summed E-state index contributed by atoms with van der Waals surface area (Å²) < 4.78 is 5.61. The first-order chi connectivity index (χ1) is 13.6. The second-order valence-electron chi connectivity index (χ2n) is 8.63. The molecule has 29 heavy (non-hydrogen) atoms. The molecular weight excluding hydrogens is 475 g/mol. The molecule has 2 unspecified atom stereocenters. The molecule has 0 aromatic heterocycles. The van der Waals surface area contributed by atoms with Crippen molar-refractivity contribution in [3.63, 3.8) is 0 Å². The van der Waals surface area contributed by atoms with Crippen LogP contribution in [0.1, 0.15) is 44.6 Å². The van der Waals surface area contributed by atoms with Gasteiger partial charge in [0.15, 0.2) is 5.96 Å². The van der Waals surface area contributed by atoms with Gasteiger partial charge in [0.25, 0.3) is 0 Å². The van der Waals surface area contributed by atoms with E-state index in [0.29, 0.717) is 11.8 Å². The van der Waals surface area contributed by atoms with E-state index in [-0.39, 0.29) is 29.5 Å². The molecule has 2 heterocycles. The van der Waals surface area contributed by atoms with Gasteiger partial charge >= 0.3 is 0 Å². The molecule has 2 saturated heterocycles. The molecule has 0 bridgehead atoms. The summed E-state index contributed by atoms with van der Waals surface area (Å²) in [6.45, 7) is 10.1. The molecular formula is C23H39IN4O. The first-order valence-electron chi connectivity index (χ1n) is 10.9. The van der Waals surface area contributed by atoms with Crippen molar-refractivity contribution < 1.29 is 4.74 Å². The average Bonchev–Trinajstić information content (AvgIpc) is 2.72. The summed E-state index contributed by atoms with van der Waals surface area (Å²) in [5, 5.41) is 3.55. The van der Waals surface area contributed by atoms with Crippen molar-refractivity contribution in [3.8, 4) is 0 Å². The van der Waals surface area contributed by atoms with Crippen LogP contribution in [-0.4, -0.2) is 74.8 Å². The van der Waals surface area contributed by atoms with E-state index in [4.69, 9.17) is 9.73 Å². The first kappa shape index (κ1) is 24.4. The lowest BCUT2D eigenvalue weighted by molar-refractivity contribution is -0.00267. The molecule has 0 radical (unpaired) electrons. The fraction of sp³-hybridized carbons (Fsp3) is 0.696. The van der Waals surface area contributed by atoms with Crippen LogP contribution >= 0.6 is 24.0 Å². The van der Waals surface area contributed by atoms with Crippen molar-refractivity contribution in [1.29, 1.82) is 0 Å². The first-order valence-corrected chi connectivity index (χ1v) is 10.9. The van der Waals surface area contributed by atoms with E-state index >= 15 is 0 Å². The number of likely N-dealkylation sites (N-methyl/N-ethyl adjacent to an activating group) is 1. The van der Waals surface area contributed by atoms with Crippen LogP contribution in [0.25, 0.3) is 0 Å². The standard InChI is InChI=1S/C23H38N4O.HI/c1-5-24-22(25-18-23(26(3)4)12-15-28-16-13-23)27-14-11-21(19(2)17-27)20-9-7-6-8-10-20;/h6-10,19,21H,5,11-18H2,1-4H3,(H,24,25);1H. The van der Waals surface area contributed by atoms with E-state index in [2.05, 4.69) is 73.4 Å². The number of hydrogen-bond acceptors (Lipinski definition) is 3. The number of rotatable bonds is 5. The quantitative estimate of drug-likeness (QED) is 0.369. The van der Waals surface area contributed by atoms with Crippen LogP contribution in [0.4, 0.5) is 0 Å². The smallest absolute Gasteiger partial charge is 0.193 e. The summed E-state index contributed by atoms with van der Waals surface area (Å²) in [4.78, 5) is 9.94. The fourth-order valence-corrected chi connectivity index (χ4v) is 4.68. The normalized spacial score (nSPS) is 24.9. The van der Waals surface area contributed by atoms with E-state index < -0.39 is 0 Å². The molecule has 0 spiro atoms. The topological polar surface area (TPSA) is 40.1 Å². The molecule has 0 amide bonds. The van der Waals surface area contributed by atoms with Gasteiger partial charge in [-0.2, -0.15) is 0 Å². The summed E-state index contributed by atoms with van der Waals surface area (Å²) in [6, 6.07) is 11.0. The molecule has 0 aliphatic carbocycles. The highest BCUT2D eigenvalue weighted by atomic mass is 127. The molecule has 2 atom stereocenters. The van der Waals surface area contributed by atoms with Crippen molar-refractivity contribution in [2.24, 2.45) is 10.9 Å². The summed E-state index contributed by atoms with van der Waals surface area (Å²) in [5.41, 5.74) is 1.60. The molecule has 2 aliphatic heterocycles. The number of ether oxygens (including phenoxy) is 1. The molecule has 2 fully saturated rings. The lowest BCUT2D eigenvalue weighted by Crippen LogP contribution is -2.53. The SMILES string of the molecule is CCNC(=NCC1(N(C)C)CCOCC1)N1CCC(c2ccccc2)C(C)C1.I. The number of halogens is 1. The largest absolute Gasteiger partial charge is 0.381 e. The van der Waals surface area contributed by atoms with Crippen LogP contribution in [-0.2, 0) is 4.74 Å². The summed E-state index contributed by atoms with van der Waals surface area (Å²) in [5.74, 6) is 2.34. The van der Waals surface area contributed by atoms with Gasteiger partial charge in [0.2, 0.25) is 0 Å². The lowest BCUT2D eigenvalue weighted by atomic mass is 9.82. The van der Waals surface area contributed by atoms with Gasteiger partial charge in [0.1, 0.15) is 0 Å². The molecule has 3 rings (SSSR count).